The first-order valence-electron chi connectivity index (χ1n) is 11.1. The number of para-hydroxylation sites is 1. The van der Waals surface area contributed by atoms with Crippen molar-refractivity contribution >= 4 is 11.6 Å². The van der Waals surface area contributed by atoms with Crippen molar-refractivity contribution in [1.82, 2.24) is 9.80 Å². The summed E-state index contributed by atoms with van der Waals surface area (Å²) in [5.74, 6) is 1.58. The summed E-state index contributed by atoms with van der Waals surface area (Å²) in [6.07, 6.45) is 1.83. The second-order valence-electron chi connectivity index (χ2n) is 7.95. The van der Waals surface area contributed by atoms with Crippen LogP contribution in [0.2, 0.25) is 0 Å². The van der Waals surface area contributed by atoms with Crippen LogP contribution in [0.3, 0.4) is 0 Å². The van der Waals surface area contributed by atoms with Crippen LogP contribution in [0.25, 0.3) is 0 Å². The van der Waals surface area contributed by atoms with Crippen LogP contribution in [0.5, 0.6) is 11.5 Å². The van der Waals surface area contributed by atoms with Crippen molar-refractivity contribution in [3.8, 4) is 11.5 Å². The third-order valence-corrected chi connectivity index (χ3v) is 5.95. The molecule has 1 heterocycles. The molecule has 0 atom stereocenters. The molecule has 6 nitrogen and oxygen atoms in total. The number of piperazine rings is 1. The number of carbonyl (C=O) groups excluding carboxylic acids is 1. The fourth-order valence-electron chi connectivity index (χ4n) is 4.13. The molecule has 2 aromatic carbocycles. The lowest BCUT2D eigenvalue weighted by atomic mass is 10.0. The van der Waals surface area contributed by atoms with Crippen LogP contribution in [-0.2, 0) is 24.2 Å². The maximum Gasteiger partial charge on any atom is 0.238 e. The summed E-state index contributed by atoms with van der Waals surface area (Å²) < 4.78 is 10.7. The Bertz CT molecular complexity index is 854. The third-order valence-electron chi connectivity index (χ3n) is 5.95. The molecule has 3 rings (SSSR count). The summed E-state index contributed by atoms with van der Waals surface area (Å²) in [4.78, 5) is 17.4. The normalized spacial score (nSPS) is 15.0. The van der Waals surface area contributed by atoms with Crippen molar-refractivity contribution in [2.45, 2.75) is 33.2 Å². The molecule has 0 aromatic heterocycles. The Morgan fingerprint density at radius 3 is 2.10 bits per heavy atom. The van der Waals surface area contributed by atoms with E-state index >= 15 is 0 Å². The summed E-state index contributed by atoms with van der Waals surface area (Å²) in [7, 11) is 3.31. The lowest BCUT2D eigenvalue weighted by Gasteiger charge is -2.34. The van der Waals surface area contributed by atoms with E-state index in [1.54, 1.807) is 14.2 Å². The summed E-state index contributed by atoms with van der Waals surface area (Å²) in [5.41, 5.74) is 4.61. The molecule has 1 saturated heterocycles. The van der Waals surface area contributed by atoms with Gasteiger partial charge in [0.1, 0.15) is 0 Å². The van der Waals surface area contributed by atoms with E-state index in [1.165, 1.54) is 16.7 Å². The Kier molecular flexibility index (Phi) is 8.32. The minimum atomic E-state index is 0.0731. The second kappa shape index (κ2) is 11.2. The molecule has 2 aromatic rings. The van der Waals surface area contributed by atoms with Crippen molar-refractivity contribution < 1.29 is 14.3 Å². The third kappa shape index (κ3) is 5.99. The number of aryl methyl sites for hydroxylation is 2. The van der Waals surface area contributed by atoms with Gasteiger partial charge in [0.15, 0.2) is 11.5 Å². The highest BCUT2D eigenvalue weighted by Gasteiger charge is 2.20. The molecule has 1 aliphatic rings. The van der Waals surface area contributed by atoms with Gasteiger partial charge in [-0.1, -0.05) is 38.1 Å². The Morgan fingerprint density at radius 2 is 1.52 bits per heavy atom. The first kappa shape index (κ1) is 23.1. The smallest absolute Gasteiger partial charge is 0.238 e. The quantitative estimate of drug-likeness (QED) is 0.666. The van der Waals surface area contributed by atoms with Gasteiger partial charge in [-0.05, 0) is 41.7 Å². The molecule has 0 aliphatic carbocycles. The van der Waals surface area contributed by atoms with Gasteiger partial charge < -0.3 is 14.8 Å². The van der Waals surface area contributed by atoms with E-state index in [2.05, 4.69) is 53.2 Å². The fraction of sp³-hybridized carbons (Fsp3) is 0.480. The lowest BCUT2D eigenvalue weighted by Crippen LogP contribution is -2.48. The molecule has 6 heteroatoms. The second-order valence-corrected chi connectivity index (χ2v) is 7.95. The van der Waals surface area contributed by atoms with Crippen molar-refractivity contribution in [3.63, 3.8) is 0 Å². The van der Waals surface area contributed by atoms with Crippen molar-refractivity contribution in [1.29, 1.82) is 0 Å². The average Bonchev–Trinajstić information content (AvgIpc) is 2.80. The van der Waals surface area contributed by atoms with Gasteiger partial charge in [0.2, 0.25) is 5.91 Å². The van der Waals surface area contributed by atoms with Gasteiger partial charge in [-0.15, -0.1) is 0 Å². The molecule has 1 fully saturated rings. The molecule has 1 amide bonds. The van der Waals surface area contributed by atoms with Gasteiger partial charge in [0.25, 0.3) is 0 Å². The van der Waals surface area contributed by atoms with Crippen molar-refractivity contribution in [2.75, 3.05) is 52.3 Å². The zero-order valence-corrected chi connectivity index (χ0v) is 19.2. The number of nitrogens with zero attached hydrogens (tertiary/aromatic N) is 2. The van der Waals surface area contributed by atoms with E-state index in [9.17, 15) is 4.79 Å². The molecule has 1 aliphatic heterocycles. The van der Waals surface area contributed by atoms with Crippen LogP contribution in [-0.4, -0.2) is 62.7 Å². The van der Waals surface area contributed by atoms with E-state index in [1.807, 2.05) is 12.1 Å². The predicted molar refractivity (Wildman–Crippen MR) is 125 cm³/mol. The zero-order valence-electron chi connectivity index (χ0n) is 19.2. The summed E-state index contributed by atoms with van der Waals surface area (Å²) in [6, 6.07) is 12.3. The highest BCUT2D eigenvalue weighted by atomic mass is 16.5. The average molecular weight is 426 g/mol. The topological polar surface area (TPSA) is 54.0 Å². The number of rotatable bonds is 9. The van der Waals surface area contributed by atoms with Crippen LogP contribution in [0.4, 0.5) is 5.69 Å². The van der Waals surface area contributed by atoms with E-state index < -0.39 is 0 Å². The molecule has 0 bridgehead atoms. The summed E-state index contributed by atoms with van der Waals surface area (Å²) >= 11 is 0. The van der Waals surface area contributed by atoms with Crippen molar-refractivity contribution in [2.24, 2.45) is 0 Å². The van der Waals surface area contributed by atoms with Gasteiger partial charge in [-0.3, -0.25) is 14.6 Å². The van der Waals surface area contributed by atoms with E-state index in [0.717, 1.165) is 62.8 Å². The SMILES string of the molecule is CCc1cccc(CC)c1NC(=O)CN1CCN(Cc2ccc(OC)c(OC)c2)CC1. The number of anilines is 1. The summed E-state index contributed by atoms with van der Waals surface area (Å²) in [6.45, 7) is 9.20. The fourth-order valence-corrected chi connectivity index (χ4v) is 4.13. The van der Waals surface area contributed by atoms with E-state index in [0.29, 0.717) is 6.54 Å². The number of nitrogens with one attached hydrogen (secondary N) is 1. The zero-order chi connectivity index (χ0) is 22.2. The van der Waals surface area contributed by atoms with Crippen molar-refractivity contribution in [3.05, 3.63) is 53.1 Å². The highest BCUT2D eigenvalue weighted by Crippen LogP contribution is 2.28. The number of methoxy groups -OCH3 is 2. The maximum atomic E-state index is 12.7. The Morgan fingerprint density at radius 1 is 0.903 bits per heavy atom. The standard InChI is InChI=1S/C25H35N3O3/c1-5-20-8-7-9-21(6-2)25(20)26-24(29)18-28-14-12-27(13-15-28)17-19-10-11-22(30-3)23(16-19)31-4/h7-11,16H,5-6,12-15,17-18H2,1-4H3,(H,26,29). The molecule has 0 spiro atoms. The number of ether oxygens (including phenoxy) is 2. The number of amides is 1. The molecule has 0 saturated carbocycles. The van der Waals surface area contributed by atoms with E-state index in [4.69, 9.17) is 9.47 Å². The van der Waals surface area contributed by atoms with Crippen LogP contribution >= 0.6 is 0 Å². The predicted octanol–water partition coefficient (Wildman–Crippen LogP) is 3.58. The first-order chi connectivity index (χ1) is 15.1. The molecule has 31 heavy (non-hydrogen) atoms. The summed E-state index contributed by atoms with van der Waals surface area (Å²) in [5, 5.41) is 3.18. The molecule has 1 N–H and O–H groups in total. The lowest BCUT2D eigenvalue weighted by molar-refractivity contribution is -0.117. The van der Waals surface area contributed by atoms with Crippen LogP contribution in [0, 0.1) is 0 Å². The van der Waals surface area contributed by atoms with Gasteiger partial charge in [0.05, 0.1) is 20.8 Å². The molecule has 168 valence electrons. The first-order valence-corrected chi connectivity index (χ1v) is 11.1. The Labute approximate surface area is 186 Å². The van der Waals surface area contributed by atoms with Gasteiger partial charge >= 0.3 is 0 Å². The molecule has 0 unspecified atom stereocenters. The van der Waals surface area contributed by atoms with Crippen LogP contribution in [0.15, 0.2) is 36.4 Å². The number of benzene rings is 2. The maximum absolute atomic E-state index is 12.7. The molecular formula is C25H35N3O3. The van der Waals surface area contributed by atoms with Crippen LogP contribution < -0.4 is 14.8 Å². The van der Waals surface area contributed by atoms with Gasteiger partial charge in [0, 0.05) is 38.4 Å². The van der Waals surface area contributed by atoms with Gasteiger partial charge in [-0.2, -0.15) is 0 Å². The van der Waals surface area contributed by atoms with E-state index in [-0.39, 0.29) is 5.91 Å². The van der Waals surface area contributed by atoms with Gasteiger partial charge in [-0.25, -0.2) is 0 Å². The monoisotopic (exact) mass is 425 g/mol. The highest BCUT2D eigenvalue weighted by molar-refractivity contribution is 5.93. The minimum absolute atomic E-state index is 0.0731. The number of hydrogen-bond acceptors (Lipinski definition) is 5. The Balaban J connectivity index is 1.51. The molecule has 0 radical (unpaired) electrons. The number of carbonyl (C=O) groups is 1. The van der Waals surface area contributed by atoms with Crippen LogP contribution in [0.1, 0.15) is 30.5 Å². The minimum Gasteiger partial charge on any atom is -0.493 e. The molecular weight excluding hydrogens is 390 g/mol. The number of hydrogen-bond donors (Lipinski definition) is 1. The Hall–Kier alpha value is -2.57. The largest absolute Gasteiger partial charge is 0.493 e.